The molecule has 1 saturated carbocycles. The van der Waals surface area contributed by atoms with Gasteiger partial charge in [0, 0.05) is 17.3 Å². The van der Waals surface area contributed by atoms with Crippen molar-refractivity contribution in [3.63, 3.8) is 0 Å². The first-order valence-corrected chi connectivity index (χ1v) is 7.25. The summed E-state index contributed by atoms with van der Waals surface area (Å²) in [7, 11) is 0. The van der Waals surface area contributed by atoms with Gasteiger partial charge in [0.1, 0.15) is 0 Å². The number of nitrogens with one attached hydrogen (secondary N) is 2. The van der Waals surface area contributed by atoms with Crippen molar-refractivity contribution >= 4 is 35.6 Å². The van der Waals surface area contributed by atoms with E-state index in [1.165, 1.54) is 0 Å². The number of carbonyl (C=O) groups excluding carboxylic acids is 2. The van der Waals surface area contributed by atoms with Gasteiger partial charge in [0.25, 0.3) is 0 Å². The zero-order valence-electron chi connectivity index (χ0n) is 13.2. The van der Waals surface area contributed by atoms with E-state index in [1.54, 1.807) is 24.3 Å². The van der Waals surface area contributed by atoms with Crippen molar-refractivity contribution in [2.45, 2.75) is 39.7 Å². The highest BCUT2D eigenvalue weighted by Crippen LogP contribution is 2.30. The van der Waals surface area contributed by atoms with Gasteiger partial charge < -0.3 is 16.4 Å². The van der Waals surface area contributed by atoms with E-state index in [4.69, 9.17) is 5.73 Å². The molecule has 0 heterocycles. The summed E-state index contributed by atoms with van der Waals surface area (Å²) in [5.74, 6) is 0.0352. The third-order valence-corrected chi connectivity index (χ3v) is 3.58. The summed E-state index contributed by atoms with van der Waals surface area (Å²) in [4.78, 5) is 23.7. The van der Waals surface area contributed by atoms with Gasteiger partial charge in [-0.15, -0.1) is 12.4 Å². The van der Waals surface area contributed by atoms with Crippen LogP contribution in [0, 0.1) is 11.3 Å². The van der Waals surface area contributed by atoms with E-state index in [0.29, 0.717) is 5.69 Å². The largest absolute Gasteiger partial charge is 0.326 e. The summed E-state index contributed by atoms with van der Waals surface area (Å²) in [5.41, 5.74) is 7.03. The van der Waals surface area contributed by atoms with E-state index in [0.717, 1.165) is 18.5 Å². The fourth-order valence-corrected chi connectivity index (χ4v) is 1.84. The second-order valence-electron chi connectivity index (χ2n) is 6.67. The molecule has 1 atom stereocenters. The zero-order valence-corrected chi connectivity index (χ0v) is 14.0. The van der Waals surface area contributed by atoms with Crippen molar-refractivity contribution in [1.29, 1.82) is 0 Å². The van der Waals surface area contributed by atoms with Crippen molar-refractivity contribution in [2.24, 2.45) is 17.1 Å². The molecule has 0 aliphatic heterocycles. The SMILES string of the molecule is CC(C)(C)[C@H](N)C(=O)Nc1ccc(NC(=O)C2CC2)cc1.Cl. The van der Waals surface area contributed by atoms with Crippen LogP contribution >= 0.6 is 12.4 Å². The molecule has 2 amide bonds. The van der Waals surface area contributed by atoms with E-state index in [9.17, 15) is 9.59 Å². The van der Waals surface area contributed by atoms with Gasteiger partial charge in [-0.05, 0) is 42.5 Å². The predicted molar refractivity (Wildman–Crippen MR) is 91.1 cm³/mol. The molecule has 4 N–H and O–H groups in total. The fourth-order valence-electron chi connectivity index (χ4n) is 1.84. The average molecular weight is 326 g/mol. The van der Waals surface area contributed by atoms with E-state index >= 15 is 0 Å². The summed E-state index contributed by atoms with van der Waals surface area (Å²) in [6.45, 7) is 5.77. The smallest absolute Gasteiger partial charge is 0.241 e. The summed E-state index contributed by atoms with van der Waals surface area (Å²) in [6.07, 6.45) is 1.95. The number of benzene rings is 1. The van der Waals surface area contributed by atoms with Crippen molar-refractivity contribution < 1.29 is 9.59 Å². The minimum absolute atomic E-state index is 0. The Morgan fingerprint density at radius 1 is 1.09 bits per heavy atom. The van der Waals surface area contributed by atoms with Crippen LogP contribution in [0.25, 0.3) is 0 Å². The second kappa shape index (κ2) is 7.11. The first-order chi connectivity index (χ1) is 9.77. The maximum Gasteiger partial charge on any atom is 0.241 e. The maximum atomic E-state index is 12.0. The molecule has 1 aromatic rings. The number of nitrogens with two attached hydrogens (primary N) is 1. The van der Waals surface area contributed by atoms with Crippen LogP contribution in [0.1, 0.15) is 33.6 Å². The fraction of sp³-hybridized carbons (Fsp3) is 0.500. The number of amides is 2. The lowest BCUT2D eigenvalue weighted by Gasteiger charge is -2.25. The molecule has 2 rings (SSSR count). The molecule has 0 radical (unpaired) electrons. The van der Waals surface area contributed by atoms with Gasteiger partial charge in [-0.1, -0.05) is 20.8 Å². The topological polar surface area (TPSA) is 84.2 Å². The minimum Gasteiger partial charge on any atom is -0.326 e. The Balaban J connectivity index is 0.00000242. The third-order valence-electron chi connectivity index (χ3n) is 3.58. The number of hydrogen-bond donors (Lipinski definition) is 3. The number of hydrogen-bond acceptors (Lipinski definition) is 3. The van der Waals surface area contributed by atoms with Gasteiger partial charge in [0.05, 0.1) is 6.04 Å². The third kappa shape index (κ3) is 5.00. The van der Waals surface area contributed by atoms with Crippen LogP contribution in [-0.4, -0.2) is 17.9 Å². The normalized spacial score (nSPS) is 15.5. The predicted octanol–water partition coefficient (Wildman–Crippen LogP) is 2.77. The minimum atomic E-state index is -0.577. The Morgan fingerprint density at radius 3 is 1.95 bits per heavy atom. The van der Waals surface area contributed by atoms with Crippen LogP contribution in [0.5, 0.6) is 0 Å². The molecule has 0 saturated heterocycles. The highest BCUT2D eigenvalue weighted by molar-refractivity contribution is 5.96. The van der Waals surface area contributed by atoms with E-state index in [2.05, 4.69) is 10.6 Å². The monoisotopic (exact) mass is 325 g/mol. The molecule has 1 aromatic carbocycles. The molecule has 22 heavy (non-hydrogen) atoms. The van der Waals surface area contributed by atoms with Crippen molar-refractivity contribution in [2.75, 3.05) is 10.6 Å². The Morgan fingerprint density at radius 2 is 1.55 bits per heavy atom. The van der Waals surface area contributed by atoms with Crippen LogP contribution in [0.4, 0.5) is 11.4 Å². The van der Waals surface area contributed by atoms with Gasteiger partial charge in [0.15, 0.2) is 0 Å². The quantitative estimate of drug-likeness (QED) is 0.795. The standard InChI is InChI=1S/C16H23N3O2.ClH/c1-16(2,3)13(17)15(21)19-12-8-6-11(7-9-12)18-14(20)10-4-5-10;/h6-10,13H,4-5,17H2,1-3H3,(H,18,20)(H,19,21);1H/t13-;/m1./s1. The lowest BCUT2D eigenvalue weighted by molar-refractivity contribution is -0.119. The van der Waals surface area contributed by atoms with Crippen molar-refractivity contribution in [3.05, 3.63) is 24.3 Å². The number of anilines is 2. The molecule has 1 fully saturated rings. The second-order valence-corrected chi connectivity index (χ2v) is 6.67. The number of rotatable bonds is 4. The molecule has 0 aromatic heterocycles. The Labute approximate surface area is 137 Å². The van der Waals surface area contributed by atoms with Crippen LogP contribution in [0.15, 0.2) is 24.3 Å². The maximum absolute atomic E-state index is 12.0. The molecule has 122 valence electrons. The molecule has 0 bridgehead atoms. The van der Waals surface area contributed by atoms with Gasteiger partial charge in [0.2, 0.25) is 11.8 Å². The van der Waals surface area contributed by atoms with Gasteiger partial charge in [-0.25, -0.2) is 0 Å². The first-order valence-electron chi connectivity index (χ1n) is 7.25. The molecule has 5 nitrogen and oxygen atoms in total. The zero-order chi connectivity index (χ0) is 15.6. The highest BCUT2D eigenvalue weighted by Gasteiger charge is 2.29. The Hall–Kier alpha value is -1.59. The highest BCUT2D eigenvalue weighted by atomic mass is 35.5. The molecule has 6 heteroatoms. The van der Waals surface area contributed by atoms with Gasteiger partial charge in [-0.2, -0.15) is 0 Å². The molecular formula is C16H24ClN3O2. The Kier molecular flexibility index (Phi) is 5.97. The van der Waals surface area contributed by atoms with Crippen molar-refractivity contribution in [3.8, 4) is 0 Å². The Bertz CT molecular complexity index is 533. The summed E-state index contributed by atoms with van der Waals surface area (Å²) in [5, 5.41) is 5.64. The number of carbonyl (C=O) groups is 2. The molecule has 0 spiro atoms. The molecule has 1 aliphatic carbocycles. The van der Waals surface area contributed by atoms with Crippen LogP contribution in [0.3, 0.4) is 0 Å². The van der Waals surface area contributed by atoms with Crippen LogP contribution < -0.4 is 16.4 Å². The van der Waals surface area contributed by atoms with Crippen LogP contribution in [-0.2, 0) is 9.59 Å². The molecule has 1 aliphatic rings. The van der Waals surface area contributed by atoms with Crippen molar-refractivity contribution in [1.82, 2.24) is 0 Å². The summed E-state index contributed by atoms with van der Waals surface area (Å²) < 4.78 is 0. The molecular weight excluding hydrogens is 302 g/mol. The summed E-state index contributed by atoms with van der Waals surface area (Å²) in [6, 6.07) is 6.49. The van der Waals surface area contributed by atoms with Crippen LogP contribution in [0.2, 0.25) is 0 Å². The number of halogens is 1. The average Bonchev–Trinajstić information content (AvgIpc) is 3.23. The van der Waals surface area contributed by atoms with Gasteiger partial charge >= 0.3 is 0 Å². The van der Waals surface area contributed by atoms with E-state index < -0.39 is 6.04 Å². The lowest BCUT2D eigenvalue weighted by atomic mass is 9.87. The van der Waals surface area contributed by atoms with E-state index in [1.807, 2.05) is 20.8 Å². The molecule has 0 unspecified atom stereocenters. The summed E-state index contributed by atoms with van der Waals surface area (Å²) >= 11 is 0. The van der Waals surface area contributed by atoms with Gasteiger partial charge in [-0.3, -0.25) is 9.59 Å². The first kappa shape index (κ1) is 18.5. The van der Waals surface area contributed by atoms with E-state index in [-0.39, 0.29) is 35.6 Å². The lowest BCUT2D eigenvalue weighted by Crippen LogP contribution is -2.45.